The highest BCUT2D eigenvalue weighted by molar-refractivity contribution is 9.10. The van der Waals surface area contributed by atoms with Crippen molar-refractivity contribution >= 4 is 34.2 Å². The number of hydrogen-bond acceptors (Lipinski definition) is 3. The second-order valence-corrected chi connectivity index (χ2v) is 4.89. The van der Waals surface area contributed by atoms with Crippen LogP contribution in [0.3, 0.4) is 0 Å². The Morgan fingerprint density at radius 3 is 2.56 bits per heavy atom. The van der Waals surface area contributed by atoms with Gasteiger partial charge in [-0.25, -0.2) is 0 Å². The Kier molecular flexibility index (Phi) is 5.52. The SMILES string of the molecule is Cc1cc(Br)oc1C(=O)NC(C)(C)CN.Cl. The molecule has 1 amide bonds. The standard InChI is InChI=1S/C10H15BrN2O2.ClH/c1-6-4-7(11)15-8(6)9(14)13-10(2,3)5-12;/h4H,5,12H2,1-3H3,(H,13,14);1H. The van der Waals surface area contributed by atoms with E-state index in [0.717, 1.165) is 5.56 Å². The molecule has 0 aliphatic rings. The number of carbonyl (C=O) groups excluding carboxylic acids is 1. The zero-order valence-corrected chi connectivity index (χ0v) is 11.9. The van der Waals surface area contributed by atoms with Gasteiger partial charge >= 0.3 is 0 Å². The third-order valence-corrected chi connectivity index (χ3v) is 2.45. The van der Waals surface area contributed by atoms with Gasteiger partial charge in [0.1, 0.15) is 0 Å². The molecule has 92 valence electrons. The van der Waals surface area contributed by atoms with E-state index in [1.54, 1.807) is 6.07 Å². The smallest absolute Gasteiger partial charge is 0.287 e. The lowest BCUT2D eigenvalue weighted by Gasteiger charge is -2.23. The van der Waals surface area contributed by atoms with Crippen LogP contribution in [-0.2, 0) is 0 Å². The molecular weight excluding hydrogens is 295 g/mol. The Bertz CT molecular complexity index is 377. The molecule has 0 bridgehead atoms. The Morgan fingerprint density at radius 2 is 2.19 bits per heavy atom. The molecule has 0 aromatic carbocycles. The van der Waals surface area contributed by atoms with Gasteiger partial charge in [0.15, 0.2) is 10.4 Å². The van der Waals surface area contributed by atoms with Gasteiger partial charge in [0.2, 0.25) is 0 Å². The van der Waals surface area contributed by atoms with E-state index in [-0.39, 0.29) is 18.3 Å². The number of rotatable bonds is 3. The van der Waals surface area contributed by atoms with Gasteiger partial charge in [0, 0.05) is 17.6 Å². The van der Waals surface area contributed by atoms with Gasteiger partial charge in [-0.1, -0.05) is 0 Å². The van der Waals surface area contributed by atoms with Crippen molar-refractivity contribution in [2.75, 3.05) is 6.54 Å². The molecule has 1 aromatic heterocycles. The Morgan fingerprint density at radius 1 is 1.62 bits per heavy atom. The van der Waals surface area contributed by atoms with E-state index in [2.05, 4.69) is 21.2 Å². The van der Waals surface area contributed by atoms with E-state index in [0.29, 0.717) is 17.0 Å². The van der Waals surface area contributed by atoms with Crippen molar-refractivity contribution in [1.29, 1.82) is 0 Å². The summed E-state index contributed by atoms with van der Waals surface area (Å²) < 4.78 is 5.78. The molecular formula is C10H16BrClN2O2. The summed E-state index contributed by atoms with van der Waals surface area (Å²) in [7, 11) is 0. The monoisotopic (exact) mass is 310 g/mol. The summed E-state index contributed by atoms with van der Waals surface area (Å²) >= 11 is 3.18. The molecule has 1 rings (SSSR count). The molecule has 0 atom stereocenters. The van der Waals surface area contributed by atoms with E-state index in [1.807, 2.05) is 20.8 Å². The van der Waals surface area contributed by atoms with Gasteiger partial charge in [-0.05, 0) is 42.8 Å². The molecule has 4 nitrogen and oxygen atoms in total. The zero-order valence-electron chi connectivity index (χ0n) is 9.46. The van der Waals surface area contributed by atoms with Crippen molar-refractivity contribution < 1.29 is 9.21 Å². The van der Waals surface area contributed by atoms with Crippen LogP contribution >= 0.6 is 28.3 Å². The zero-order chi connectivity index (χ0) is 11.6. The minimum absolute atomic E-state index is 0. The van der Waals surface area contributed by atoms with E-state index >= 15 is 0 Å². The fraction of sp³-hybridized carbons (Fsp3) is 0.500. The fourth-order valence-electron chi connectivity index (χ4n) is 1.08. The molecule has 0 saturated carbocycles. The number of amides is 1. The average molecular weight is 312 g/mol. The molecule has 0 unspecified atom stereocenters. The minimum Gasteiger partial charge on any atom is -0.444 e. The van der Waals surface area contributed by atoms with Crippen molar-refractivity contribution in [3.05, 3.63) is 22.1 Å². The van der Waals surface area contributed by atoms with Crippen LogP contribution in [-0.4, -0.2) is 18.0 Å². The quantitative estimate of drug-likeness (QED) is 0.899. The lowest BCUT2D eigenvalue weighted by molar-refractivity contribution is 0.0885. The lowest BCUT2D eigenvalue weighted by Crippen LogP contribution is -2.48. The highest BCUT2D eigenvalue weighted by atomic mass is 79.9. The normalized spacial score (nSPS) is 10.8. The highest BCUT2D eigenvalue weighted by Crippen LogP contribution is 2.19. The molecule has 1 aromatic rings. The van der Waals surface area contributed by atoms with E-state index in [4.69, 9.17) is 10.2 Å². The summed E-state index contributed by atoms with van der Waals surface area (Å²) in [6.07, 6.45) is 0. The van der Waals surface area contributed by atoms with Gasteiger partial charge in [0.25, 0.3) is 5.91 Å². The Balaban J connectivity index is 0.00000225. The summed E-state index contributed by atoms with van der Waals surface area (Å²) in [5.41, 5.74) is 5.89. The van der Waals surface area contributed by atoms with Gasteiger partial charge in [0.05, 0.1) is 0 Å². The largest absolute Gasteiger partial charge is 0.444 e. The molecule has 1 heterocycles. The second kappa shape index (κ2) is 5.70. The van der Waals surface area contributed by atoms with E-state index < -0.39 is 5.54 Å². The summed E-state index contributed by atoms with van der Waals surface area (Å²) in [6.45, 7) is 5.91. The number of nitrogens with one attached hydrogen (secondary N) is 1. The summed E-state index contributed by atoms with van der Waals surface area (Å²) in [5, 5.41) is 2.80. The van der Waals surface area contributed by atoms with Crippen LogP contribution < -0.4 is 11.1 Å². The fourth-order valence-corrected chi connectivity index (χ4v) is 1.59. The Labute approximate surface area is 109 Å². The van der Waals surface area contributed by atoms with Crippen LogP contribution in [0.2, 0.25) is 0 Å². The highest BCUT2D eigenvalue weighted by Gasteiger charge is 2.22. The van der Waals surface area contributed by atoms with Crippen molar-refractivity contribution in [1.82, 2.24) is 5.32 Å². The number of hydrogen-bond donors (Lipinski definition) is 2. The maximum atomic E-state index is 11.8. The van der Waals surface area contributed by atoms with Crippen molar-refractivity contribution in [3.63, 3.8) is 0 Å². The first-order valence-corrected chi connectivity index (χ1v) is 5.43. The summed E-state index contributed by atoms with van der Waals surface area (Å²) in [5.74, 6) is 0.0806. The van der Waals surface area contributed by atoms with Crippen LogP contribution in [0.4, 0.5) is 0 Å². The predicted molar refractivity (Wildman–Crippen MR) is 69.0 cm³/mol. The van der Waals surface area contributed by atoms with E-state index in [1.165, 1.54) is 0 Å². The van der Waals surface area contributed by atoms with Crippen molar-refractivity contribution in [2.24, 2.45) is 5.73 Å². The van der Waals surface area contributed by atoms with Crippen molar-refractivity contribution in [3.8, 4) is 0 Å². The molecule has 0 saturated heterocycles. The molecule has 0 fully saturated rings. The maximum Gasteiger partial charge on any atom is 0.287 e. The molecule has 0 spiro atoms. The minimum atomic E-state index is -0.428. The summed E-state index contributed by atoms with van der Waals surface area (Å²) in [4.78, 5) is 11.8. The first-order valence-electron chi connectivity index (χ1n) is 4.64. The Hall–Kier alpha value is -0.520. The summed E-state index contributed by atoms with van der Waals surface area (Å²) in [6, 6.07) is 1.75. The third-order valence-electron chi connectivity index (χ3n) is 2.06. The molecule has 3 N–H and O–H groups in total. The topological polar surface area (TPSA) is 68.3 Å². The van der Waals surface area contributed by atoms with Crippen LogP contribution in [0.1, 0.15) is 30.0 Å². The molecule has 16 heavy (non-hydrogen) atoms. The number of nitrogens with two attached hydrogens (primary N) is 1. The van der Waals surface area contributed by atoms with Crippen LogP contribution in [0.25, 0.3) is 0 Å². The molecule has 0 aliphatic carbocycles. The average Bonchev–Trinajstić information content (AvgIpc) is 2.45. The van der Waals surface area contributed by atoms with Crippen LogP contribution in [0, 0.1) is 6.92 Å². The molecule has 0 aliphatic heterocycles. The molecule has 0 radical (unpaired) electrons. The first kappa shape index (κ1) is 15.5. The van der Waals surface area contributed by atoms with Gasteiger partial charge in [-0.15, -0.1) is 12.4 Å². The van der Waals surface area contributed by atoms with Crippen molar-refractivity contribution in [2.45, 2.75) is 26.3 Å². The number of furan rings is 1. The molecule has 6 heteroatoms. The first-order chi connectivity index (χ1) is 6.85. The number of halogens is 2. The van der Waals surface area contributed by atoms with Crippen LogP contribution in [0.5, 0.6) is 0 Å². The van der Waals surface area contributed by atoms with Gasteiger partial charge in [-0.2, -0.15) is 0 Å². The number of aryl methyl sites for hydroxylation is 1. The third kappa shape index (κ3) is 3.81. The van der Waals surface area contributed by atoms with Crippen LogP contribution in [0.15, 0.2) is 15.2 Å². The number of carbonyl (C=O) groups is 1. The lowest BCUT2D eigenvalue weighted by atomic mass is 10.1. The van der Waals surface area contributed by atoms with E-state index in [9.17, 15) is 4.79 Å². The van der Waals surface area contributed by atoms with Gasteiger partial charge < -0.3 is 15.5 Å². The maximum absolute atomic E-state index is 11.8. The predicted octanol–water partition coefficient (Wildman–Crippen LogP) is 2.24. The van der Waals surface area contributed by atoms with Gasteiger partial charge in [-0.3, -0.25) is 4.79 Å². The second-order valence-electron chi connectivity index (χ2n) is 4.10.